The highest BCUT2D eigenvalue weighted by atomic mass is 32.2. The number of hydrogen-bond donors (Lipinski definition) is 1. The maximum atomic E-state index is 12.9. The minimum absolute atomic E-state index is 0.312. The van der Waals surface area contributed by atoms with E-state index in [0.29, 0.717) is 60.8 Å². The first-order valence-corrected chi connectivity index (χ1v) is 11.3. The molecule has 2 aliphatic heterocycles. The predicted molar refractivity (Wildman–Crippen MR) is 110 cm³/mol. The molecule has 0 saturated heterocycles. The molecule has 4 rings (SSSR count). The number of ether oxygens (including phenoxy) is 4. The molecule has 2 aliphatic rings. The van der Waals surface area contributed by atoms with Gasteiger partial charge < -0.3 is 24.3 Å². The van der Waals surface area contributed by atoms with Gasteiger partial charge in [0.25, 0.3) is 0 Å². The summed E-state index contributed by atoms with van der Waals surface area (Å²) in [5, 5.41) is 2.74. The highest BCUT2D eigenvalue weighted by Crippen LogP contribution is 2.36. The maximum absolute atomic E-state index is 12.9. The molecule has 10 heteroatoms. The average molecular weight is 434 g/mol. The second-order valence-electron chi connectivity index (χ2n) is 6.91. The van der Waals surface area contributed by atoms with Gasteiger partial charge in [-0.3, -0.25) is 9.10 Å². The fraction of sp³-hybridized carbons (Fsp3) is 0.350. The number of rotatable bonds is 5. The normalized spacial score (nSPS) is 15.8. The number of nitrogens with zero attached hydrogens (tertiary/aromatic N) is 1. The Hall–Kier alpha value is -3.14. The summed E-state index contributed by atoms with van der Waals surface area (Å²) >= 11 is 0. The molecule has 2 heterocycles. The maximum Gasteiger partial charge on any atom is 0.247 e. The smallest absolute Gasteiger partial charge is 0.247 e. The molecule has 30 heavy (non-hydrogen) atoms. The average Bonchev–Trinajstić information content (AvgIpc) is 2.72. The van der Waals surface area contributed by atoms with E-state index >= 15 is 0 Å². The summed E-state index contributed by atoms with van der Waals surface area (Å²) in [5.41, 5.74) is 0.790. The molecule has 1 N–H and O–H groups in total. The lowest BCUT2D eigenvalue weighted by Gasteiger charge is -2.29. The second-order valence-corrected chi connectivity index (χ2v) is 8.77. The first-order valence-electron chi connectivity index (χ1n) is 9.42. The molecule has 0 radical (unpaired) electrons. The van der Waals surface area contributed by atoms with Gasteiger partial charge >= 0.3 is 0 Å². The van der Waals surface area contributed by atoms with Crippen LogP contribution in [0.4, 0.5) is 11.4 Å². The second kappa shape index (κ2) is 7.94. The van der Waals surface area contributed by atoms with Crippen molar-refractivity contribution in [3.8, 4) is 23.0 Å². The summed E-state index contributed by atoms with van der Waals surface area (Å²) in [6, 6.07) is 8.78. The number of nitrogens with one attached hydrogen (secondary N) is 1. The van der Waals surface area contributed by atoms with Crippen LogP contribution in [0.5, 0.6) is 23.0 Å². The first-order chi connectivity index (χ1) is 14.3. The van der Waals surface area contributed by atoms with Crippen molar-refractivity contribution in [3.05, 3.63) is 36.4 Å². The standard InChI is InChI=1S/C20H22N2O7S/c1-13(20(23)21-14-3-5-16-18(11-14)28-9-7-26-16)22(30(2,24)25)15-4-6-17-19(12-15)29-10-8-27-17/h3-6,11-13H,7-10H2,1-2H3,(H,21,23)/t13-/m0/s1. The van der Waals surface area contributed by atoms with Crippen LogP contribution < -0.4 is 28.6 Å². The van der Waals surface area contributed by atoms with Gasteiger partial charge in [0.1, 0.15) is 32.5 Å². The van der Waals surface area contributed by atoms with E-state index in [0.717, 1.165) is 10.6 Å². The first kappa shape index (κ1) is 20.1. The number of carbonyl (C=O) groups is 1. The summed E-state index contributed by atoms with van der Waals surface area (Å²) in [6.45, 7) is 3.21. The summed E-state index contributed by atoms with van der Waals surface area (Å²) in [6.07, 6.45) is 1.05. The van der Waals surface area contributed by atoms with Gasteiger partial charge in [-0.25, -0.2) is 8.42 Å². The van der Waals surface area contributed by atoms with Crippen molar-refractivity contribution in [1.29, 1.82) is 0 Å². The van der Waals surface area contributed by atoms with Gasteiger partial charge in [-0.2, -0.15) is 0 Å². The van der Waals surface area contributed by atoms with Crippen LogP contribution in [0, 0.1) is 0 Å². The lowest BCUT2D eigenvalue weighted by atomic mass is 10.2. The van der Waals surface area contributed by atoms with Crippen LogP contribution in [0.3, 0.4) is 0 Å². The summed E-state index contributed by atoms with van der Waals surface area (Å²) in [4.78, 5) is 12.9. The molecular formula is C20H22N2O7S. The molecule has 0 spiro atoms. The van der Waals surface area contributed by atoms with Crippen molar-refractivity contribution in [2.24, 2.45) is 0 Å². The number of benzene rings is 2. The van der Waals surface area contributed by atoms with E-state index in [9.17, 15) is 13.2 Å². The van der Waals surface area contributed by atoms with Crippen molar-refractivity contribution >= 4 is 27.3 Å². The molecule has 0 bridgehead atoms. The molecule has 0 aliphatic carbocycles. The number of fused-ring (bicyclic) bond motifs is 2. The van der Waals surface area contributed by atoms with Gasteiger partial charge in [0.15, 0.2) is 23.0 Å². The molecule has 0 fully saturated rings. The van der Waals surface area contributed by atoms with Crippen LogP contribution in [0.2, 0.25) is 0 Å². The van der Waals surface area contributed by atoms with Crippen molar-refractivity contribution in [2.75, 3.05) is 42.3 Å². The Kier molecular flexibility index (Phi) is 5.33. The Morgan fingerprint density at radius 2 is 1.43 bits per heavy atom. The summed E-state index contributed by atoms with van der Waals surface area (Å²) in [7, 11) is -3.76. The van der Waals surface area contributed by atoms with E-state index in [2.05, 4.69) is 5.32 Å². The highest BCUT2D eigenvalue weighted by molar-refractivity contribution is 7.92. The van der Waals surface area contributed by atoms with Crippen molar-refractivity contribution < 1.29 is 32.2 Å². The quantitative estimate of drug-likeness (QED) is 0.768. The Morgan fingerprint density at radius 1 is 0.900 bits per heavy atom. The zero-order valence-corrected chi connectivity index (χ0v) is 17.4. The number of hydrogen-bond acceptors (Lipinski definition) is 7. The number of amides is 1. The molecule has 0 aromatic heterocycles. The Morgan fingerprint density at radius 3 is 2.03 bits per heavy atom. The Labute approximate surface area is 174 Å². The molecule has 160 valence electrons. The third-order valence-electron chi connectivity index (χ3n) is 4.68. The van der Waals surface area contributed by atoms with Gasteiger partial charge in [-0.05, 0) is 31.2 Å². The number of carbonyl (C=O) groups excluding carboxylic acids is 1. The van der Waals surface area contributed by atoms with Crippen LogP contribution in [0.15, 0.2) is 36.4 Å². The summed E-state index contributed by atoms with van der Waals surface area (Å²) in [5.74, 6) is 1.60. The minimum atomic E-state index is -3.76. The third-order valence-corrected chi connectivity index (χ3v) is 5.92. The van der Waals surface area contributed by atoms with Crippen LogP contribution in [0.25, 0.3) is 0 Å². The van der Waals surface area contributed by atoms with E-state index in [1.165, 1.54) is 6.92 Å². The van der Waals surface area contributed by atoms with Crippen LogP contribution in [-0.2, 0) is 14.8 Å². The van der Waals surface area contributed by atoms with E-state index < -0.39 is 22.0 Å². The zero-order chi connectivity index (χ0) is 21.3. The van der Waals surface area contributed by atoms with Crippen molar-refractivity contribution in [1.82, 2.24) is 0 Å². The molecule has 0 unspecified atom stereocenters. The highest BCUT2D eigenvalue weighted by Gasteiger charge is 2.30. The van der Waals surface area contributed by atoms with E-state index in [4.69, 9.17) is 18.9 Å². The minimum Gasteiger partial charge on any atom is -0.486 e. The molecule has 2 aromatic carbocycles. The largest absolute Gasteiger partial charge is 0.486 e. The van der Waals surface area contributed by atoms with E-state index in [1.807, 2.05) is 0 Å². The molecule has 9 nitrogen and oxygen atoms in total. The van der Waals surface area contributed by atoms with E-state index in [1.54, 1.807) is 36.4 Å². The van der Waals surface area contributed by atoms with Gasteiger partial charge in [0.05, 0.1) is 11.9 Å². The van der Waals surface area contributed by atoms with Crippen LogP contribution in [-0.4, -0.2) is 53.1 Å². The molecule has 0 saturated carbocycles. The van der Waals surface area contributed by atoms with Gasteiger partial charge in [0.2, 0.25) is 15.9 Å². The van der Waals surface area contributed by atoms with Crippen molar-refractivity contribution in [2.45, 2.75) is 13.0 Å². The summed E-state index contributed by atoms with van der Waals surface area (Å²) < 4.78 is 48.1. The van der Waals surface area contributed by atoms with Gasteiger partial charge in [0, 0.05) is 17.8 Å². The van der Waals surface area contributed by atoms with Crippen molar-refractivity contribution in [3.63, 3.8) is 0 Å². The Balaban J connectivity index is 1.58. The fourth-order valence-corrected chi connectivity index (χ4v) is 4.51. The molecular weight excluding hydrogens is 412 g/mol. The monoisotopic (exact) mass is 434 g/mol. The molecule has 1 atom stereocenters. The van der Waals surface area contributed by atoms with Gasteiger partial charge in [-0.1, -0.05) is 0 Å². The Bertz CT molecular complexity index is 1070. The SMILES string of the molecule is C[C@@H](C(=O)Nc1ccc2c(c1)OCCO2)N(c1ccc2c(c1)OCCO2)S(C)(=O)=O. The third kappa shape index (κ3) is 4.09. The van der Waals surface area contributed by atoms with Crippen LogP contribution in [0.1, 0.15) is 6.92 Å². The fourth-order valence-electron chi connectivity index (χ4n) is 3.35. The van der Waals surface area contributed by atoms with Gasteiger partial charge in [-0.15, -0.1) is 0 Å². The van der Waals surface area contributed by atoms with E-state index in [-0.39, 0.29) is 0 Å². The number of sulfonamides is 1. The molecule has 2 aromatic rings. The molecule has 1 amide bonds. The lowest BCUT2D eigenvalue weighted by Crippen LogP contribution is -2.45. The topological polar surface area (TPSA) is 103 Å². The lowest BCUT2D eigenvalue weighted by molar-refractivity contribution is -0.116. The van der Waals surface area contributed by atoms with Crippen LogP contribution >= 0.6 is 0 Å². The number of anilines is 2. The predicted octanol–water partition coefficient (Wildman–Crippen LogP) is 2.02. The zero-order valence-electron chi connectivity index (χ0n) is 16.6.